The second kappa shape index (κ2) is 5.33. The van der Waals surface area contributed by atoms with Gasteiger partial charge in [-0.2, -0.15) is 13.2 Å². The smallest absolute Gasteiger partial charge is 0.399 e. The van der Waals surface area contributed by atoms with Crippen molar-refractivity contribution in [3.05, 3.63) is 10.1 Å². The molecule has 0 bridgehead atoms. The molecule has 0 radical (unpaired) electrons. The van der Waals surface area contributed by atoms with Gasteiger partial charge in [0.25, 0.3) is 0 Å². The van der Waals surface area contributed by atoms with Gasteiger partial charge < -0.3 is 4.74 Å². The van der Waals surface area contributed by atoms with Crippen molar-refractivity contribution in [1.29, 1.82) is 0 Å². The predicted molar refractivity (Wildman–Crippen MR) is 51.9 cm³/mol. The molecule has 0 heterocycles. The normalized spacial score (nSPS) is 14.2. The number of ether oxygens (including phenoxy) is 1. The Kier molecular flexibility index (Phi) is 4.91. The van der Waals surface area contributed by atoms with Crippen molar-refractivity contribution in [2.45, 2.75) is 38.9 Å². The number of carbonyl (C=O) groups is 1. The Morgan fingerprint density at radius 3 is 2.18 bits per heavy atom. The number of halogens is 3. The van der Waals surface area contributed by atoms with Crippen molar-refractivity contribution in [3.63, 3.8) is 0 Å². The zero-order valence-electron chi connectivity index (χ0n) is 9.71. The van der Waals surface area contributed by atoms with Crippen molar-refractivity contribution in [2.24, 2.45) is 5.92 Å². The van der Waals surface area contributed by atoms with Gasteiger partial charge in [0.1, 0.15) is 5.92 Å². The largest absolute Gasteiger partial charge is 0.466 e. The number of hydrogen-bond donors (Lipinski definition) is 0. The van der Waals surface area contributed by atoms with Crippen molar-refractivity contribution in [3.8, 4) is 0 Å². The standard InChI is InChI=1S/C9H14F3NO4/c1-4-17-7(14)5-6(9(10,11)12)8(2,3)13(15)16/h6H,4-5H2,1-3H3. The number of nitrogens with zero attached hydrogens (tertiary/aromatic N) is 1. The Morgan fingerprint density at radius 1 is 1.41 bits per heavy atom. The minimum absolute atomic E-state index is 0.0672. The zero-order chi connectivity index (χ0) is 13.9. The Labute approximate surface area is 96.1 Å². The number of rotatable bonds is 5. The van der Waals surface area contributed by atoms with Gasteiger partial charge >= 0.3 is 12.1 Å². The molecule has 0 saturated carbocycles. The van der Waals surface area contributed by atoms with Crippen LogP contribution in [-0.2, 0) is 9.53 Å². The van der Waals surface area contributed by atoms with Crippen LogP contribution in [0.3, 0.4) is 0 Å². The van der Waals surface area contributed by atoms with Crippen LogP contribution in [0.2, 0.25) is 0 Å². The molecule has 0 aromatic rings. The number of alkyl halides is 3. The van der Waals surface area contributed by atoms with Crippen LogP contribution in [0, 0.1) is 16.0 Å². The van der Waals surface area contributed by atoms with Crippen molar-refractivity contribution in [2.75, 3.05) is 6.61 Å². The molecule has 100 valence electrons. The molecule has 1 atom stereocenters. The van der Waals surface area contributed by atoms with Crippen LogP contribution >= 0.6 is 0 Å². The lowest BCUT2D eigenvalue weighted by Crippen LogP contribution is -2.48. The molecular formula is C9H14F3NO4. The summed E-state index contributed by atoms with van der Waals surface area (Å²) in [5.74, 6) is -3.46. The molecule has 0 rings (SSSR count). The van der Waals surface area contributed by atoms with Crippen molar-refractivity contribution in [1.82, 2.24) is 0 Å². The Balaban J connectivity index is 5.04. The molecule has 0 aliphatic heterocycles. The molecule has 0 saturated heterocycles. The maximum absolute atomic E-state index is 12.7. The Hall–Kier alpha value is -1.34. The first-order valence-corrected chi connectivity index (χ1v) is 4.90. The zero-order valence-corrected chi connectivity index (χ0v) is 9.71. The second-order valence-electron chi connectivity index (χ2n) is 4.01. The van der Waals surface area contributed by atoms with Crippen LogP contribution in [0.4, 0.5) is 13.2 Å². The molecule has 8 heteroatoms. The fraction of sp³-hybridized carbons (Fsp3) is 0.889. The van der Waals surface area contributed by atoms with Gasteiger partial charge in [-0.1, -0.05) is 0 Å². The van der Waals surface area contributed by atoms with E-state index < -0.39 is 34.9 Å². The van der Waals surface area contributed by atoms with E-state index in [1.165, 1.54) is 6.92 Å². The van der Waals surface area contributed by atoms with Crippen LogP contribution in [0.15, 0.2) is 0 Å². The van der Waals surface area contributed by atoms with E-state index in [1.54, 1.807) is 0 Å². The minimum Gasteiger partial charge on any atom is -0.466 e. The van der Waals surface area contributed by atoms with Crippen LogP contribution in [-0.4, -0.2) is 29.2 Å². The molecule has 0 N–H and O–H groups in total. The quantitative estimate of drug-likeness (QED) is 0.430. The summed E-state index contributed by atoms with van der Waals surface area (Å²) >= 11 is 0. The topological polar surface area (TPSA) is 69.4 Å². The molecule has 0 spiro atoms. The van der Waals surface area contributed by atoms with Gasteiger partial charge in [0, 0.05) is 18.8 Å². The highest BCUT2D eigenvalue weighted by atomic mass is 19.4. The van der Waals surface area contributed by atoms with Crippen LogP contribution in [0.5, 0.6) is 0 Å². The van der Waals surface area contributed by atoms with E-state index in [2.05, 4.69) is 4.74 Å². The molecule has 0 aliphatic rings. The van der Waals surface area contributed by atoms with Crippen molar-refractivity contribution < 1.29 is 27.6 Å². The summed E-state index contributed by atoms with van der Waals surface area (Å²) in [6.45, 7) is 3.05. The maximum atomic E-state index is 12.7. The van der Waals surface area contributed by atoms with Crippen LogP contribution < -0.4 is 0 Å². The summed E-state index contributed by atoms with van der Waals surface area (Å²) < 4.78 is 42.4. The highest BCUT2D eigenvalue weighted by Gasteiger charge is 2.57. The van der Waals surface area contributed by atoms with E-state index in [4.69, 9.17) is 0 Å². The third-order valence-corrected chi connectivity index (χ3v) is 2.39. The number of hydrogen-bond acceptors (Lipinski definition) is 4. The van der Waals surface area contributed by atoms with Gasteiger partial charge in [-0.05, 0) is 6.92 Å². The monoisotopic (exact) mass is 257 g/mol. The third kappa shape index (κ3) is 4.20. The molecule has 5 nitrogen and oxygen atoms in total. The first kappa shape index (κ1) is 15.7. The molecule has 0 aromatic heterocycles. The Bertz CT molecular complexity index is 301. The summed E-state index contributed by atoms with van der Waals surface area (Å²) in [6.07, 6.45) is -5.88. The third-order valence-electron chi connectivity index (χ3n) is 2.39. The Morgan fingerprint density at radius 2 is 1.88 bits per heavy atom. The summed E-state index contributed by atoms with van der Waals surface area (Å²) in [7, 11) is 0. The first-order chi connectivity index (χ1) is 7.53. The number of esters is 1. The molecule has 17 heavy (non-hydrogen) atoms. The van der Waals surface area contributed by atoms with E-state index in [1.807, 2.05) is 0 Å². The maximum Gasteiger partial charge on any atom is 0.399 e. The van der Waals surface area contributed by atoms with Crippen LogP contribution in [0.1, 0.15) is 27.2 Å². The number of carbonyl (C=O) groups excluding carboxylic acids is 1. The lowest BCUT2D eigenvalue weighted by Gasteiger charge is -2.27. The summed E-state index contributed by atoms with van der Waals surface area (Å²) in [5.41, 5.74) is -2.27. The SMILES string of the molecule is CCOC(=O)CC(C(F)(F)F)C(C)(C)[N+](=O)[O-]. The number of nitro groups is 1. The fourth-order valence-corrected chi connectivity index (χ4v) is 1.28. The van der Waals surface area contributed by atoms with Gasteiger partial charge in [0.15, 0.2) is 0 Å². The minimum atomic E-state index is -4.83. The van der Waals surface area contributed by atoms with E-state index in [-0.39, 0.29) is 6.61 Å². The van der Waals surface area contributed by atoms with E-state index in [0.29, 0.717) is 0 Å². The summed E-state index contributed by atoms with van der Waals surface area (Å²) in [4.78, 5) is 20.6. The van der Waals surface area contributed by atoms with Gasteiger partial charge in [-0.25, -0.2) is 0 Å². The predicted octanol–water partition coefficient (Wildman–Crippen LogP) is 2.17. The molecule has 0 aromatic carbocycles. The average Bonchev–Trinajstić information content (AvgIpc) is 2.12. The van der Waals surface area contributed by atoms with Crippen molar-refractivity contribution >= 4 is 5.97 Å². The van der Waals surface area contributed by atoms with E-state index in [0.717, 1.165) is 13.8 Å². The van der Waals surface area contributed by atoms with Gasteiger partial charge in [-0.3, -0.25) is 14.9 Å². The molecule has 1 unspecified atom stereocenters. The lowest BCUT2D eigenvalue weighted by atomic mass is 9.85. The van der Waals surface area contributed by atoms with Gasteiger partial charge in [0.2, 0.25) is 5.54 Å². The van der Waals surface area contributed by atoms with Gasteiger partial charge in [0.05, 0.1) is 13.0 Å². The van der Waals surface area contributed by atoms with E-state index >= 15 is 0 Å². The highest BCUT2D eigenvalue weighted by Crippen LogP contribution is 2.38. The first-order valence-electron chi connectivity index (χ1n) is 4.90. The second-order valence-corrected chi connectivity index (χ2v) is 4.01. The van der Waals surface area contributed by atoms with Gasteiger partial charge in [-0.15, -0.1) is 0 Å². The molecule has 0 amide bonds. The summed E-state index contributed by atoms with van der Waals surface area (Å²) in [6, 6.07) is 0. The van der Waals surface area contributed by atoms with Crippen LogP contribution in [0.25, 0.3) is 0 Å². The lowest BCUT2D eigenvalue weighted by molar-refractivity contribution is -0.580. The fourth-order valence-electron chi connectivity index (χ4n) is 1.28. The molecule has 0 aliphatic carbocycles. The molecule has 0 fully saturated rings. The highest BCUT2D eigenvalue weighted by molar-refractivity contribution is 5.69. The van der Waals surface area contributed by atoms with E-state index in [9.17, 15) is 28.1 Å². The molecular weight excluding hydrogens is 243 g/mol. The summed E-state index contributed by atoms with van der Waals surface area (Å²) in [5, 5.41) is 10.6. The average molecular weight is 257 g/mol.